The zero-order chi connectivity index (χ0) is 18.4. The summed E-state index contributed by atoms with van der Waals surface area (Å²) in [4.78, 5) is 3.69. The number of aromatic nitrogens is 1. The van der Waals surface area contributed by atoms with E-state index >= 15 is 0 Å². The summed E-state index contributed by atoms with van der Waals surface area (Å²) in [5.41, 5.74) is 2.63. The van der Waals surface area contributed by atoms with Gasteiger partial charge >= 0.3 is 164 Å². The maximum atomic E-state index is 3.69. The molecule has 0 saturated heterocycles. The van der Waals surface area contributed by atoms with Crippen molar-refractivity contribution in [3.8, 4) is 0 Å². The molecule has 0 atom stereocenters. The van der Waals surface area contributed by atoms with Gasteiger partial charge in [-0.05, 0) is 0 Å². The van der Waals surface area contributed by atoms with E-state index in [1.807, 2.05) is 0 Å². The minimum atomic E-state index is -2.33. The van der Waals surface area contributed by atoms with Gasteiger partial charge in [-0.2, -0.15) is 0 Å². The first-order valence-electron chi connectivity index (χ1n) is 10.7. The third-order valence-corrected chi connectivity index (χ3v) is 21.8. The molecule has 1 aromatic heterocycles. The van der Waals surface area contributed by atoms with Gasteiger partial charge in [0.05, 0.1) is 0 Å². The van der Waals surface area contributed by atoms with Gasteiger partial charge in [0.15, 0.2) is 0 Å². The second kappa shape index (κ2) is 9.30. The molecule has 1 nitrogen and oxygen atoms in total. The van der Waals surface area contributed by atoms with Gasteiger partial charge in [-0.25, -0.2) is 0 Å². The molecule has 0 radical (unpaired) electrons. The number of nitrogens with one attached hydrogen (secondary N) is 1. The van der Waals surface area contributed by atoms with Crippen LogP contribution in [0.15, 0.2) is 42.5 Å². The molecule has 0 spiro atoms. The monoisotopic (exact) mass is 457 g/mol. The predicted octanol–water partition coefficient (Wildman–Crippen LogP) is 7.38. The minimum absolute atomic E-state index is 1.27. The summed E-state index contributed by atoms with van der Waals surface area (Å²) in [6.07, 6.45) is 8.29. The molecule has 2 aromatic carbocycles. The van der Waals surface area contributed by atoms with Gasteiger partial charge in [0, 0.05) is 0 Å². The van der Waals surface area contributed by atoms with Gasteiger partial charge in [0.1, 0.15) is 0 Å². The van der Waals surface area contributed by atoms with Crippen molar-refractivity contribution >= 4 is 43.8 Å². The van der Waals surface area contributed by atoms with E-state index in [0.717, 1.165) is 0 Å². The topological polar surface area (TPSA) is 15.8 Å². The molecule has 3 rings (SSSR count). The zero-order valence-corrected chi connectivity index (χ0v) is 19.8. The van der Waals surface area contributed by atoms with E-state index in [1.54, 1.807) is 3.58 Å². The molecular formula is C24H35NSn. The number of rotatable bonds is 10. The Morgan fingerprint density at radius 3 is 1.88 bits per heavy atom. The molecule has 0 aliphatic rings. The second-order valence-electron chi connectivity index (χ2n) is 8.02. The van der Waals surface area contributed by atoms with Crippen LogP contribution in [0.3, 0.4) is 0 Å². The molecule has 0 fully saturated rings. The average Bonchev–Trinajstić information content (AvgIpc) is 3.05. The fourth-order valence-corrected chi connectivity index (χ4v) is 20.5. The summed E-state index contributed by atoms with van der Waals surface area (Å²) in [5.74, 6) is 0. The number of hydrogen-bond acceptors (Lipinski definition) is 0. The Bertz CT molecular complexity index is 811. The molecular weight excluding hydrogens is 421 g/mol. The van der Waals surface area contributed by atoms with Gasteiger partial charge in [-0.3, -0.25) is 0 Å². The van der Waals surface area contributed by atoms with Crippen LogP contribution in [0.25, 0.3) is 21.8 Å². The van der Waals surface area contributed by atoms with Crippen LogP contribution < -0.4 is 3.58 Å². The summed E-state index contributed by atoms with van der Waals surface area (Å²) < 4.78 is 6.39. The normalized spacial score (nSPS) is 12.3. The summed E-state index contributed by atoms with van der Waals surface area (Å²) in [7, 11) is 0. The van der Waals surface area contributed by atoms with E-state index in [0.29, 0.717) is 0 Å². The fraction of sp³-hybridized carbons (Fsp3) is 0.500. The van der Waals surface area contributed by atoms with E-state index in [9.17, 15) is 0 Å². The maximum absolute atomic E-state index is 3.69. The standard InChI is InChI=1S/C12H8N.3C4H9.Sn/c1-3-7-11-9(5-1)10-6-2-4-8-12(10)13-11;3*1-3-4-2;/h1-3,5-8,13H;3*1,3-4H2,2H3;. The SMILES string of the molecule is CCC[CH2][Sn]([CH2]CCC)([CH2]CCC)[c]1ccc2c(c1)[nH]c1ccccc12. The van der Waals surface area contributed by atoms with Gasteiger partial charge in [-0.15, -0.1) is 0 Å². The Labute approximate surface area is 163 Å². The molecule has 0 bridgehead atoms. The molecule has 0 aliphatic heterocycles. The van der Waals surface area contributed by atoms with Crippen molar-refractivity contribution in [2.75, 3.05) is 0 Å². The molecule has 26 heavy (non-hydrogen) atoms. The Morgan fingerprint density at radius 2 is 1.27 bits per heavy atom. The summed E-state index contributed by atoms with van der Waals surface area (Å²) >= 11 is -2.33. The zero-order valence-electron chi connectivity index (χ0n) is 16.9. The van der Waals surface area contributed by atoms with Crippen LogP contribution in [0.2, 0.25) is 13.3 Å². The average molecular weight is 456 g/mol. The van der Waals surface area contributed by atoms with Crippen molar-refractivity contribution in [1.29, 1.82) is 0 Å². The molecule has 140 valence electrons. The number of aromatic amines is 1. The molecule has 1 heterocycles. The number of H-pyrrole nitrogens is 1. The van der Waals surface area contributed by atoms with E-state index in [1.165, 1.54) is 73.6 Å². The van der Waals surface area contributed by atoms with Crippen LogP contribution in [-0.2, 0) is 0 Å². The van der Waals surface area contributed by atoms with Gasteiger partial charge in [0.2, 0.25) is 0 Å². The molecule has 0 saturated carbocycles. The van der Waals surface area contributed by atoms with E-state index in [4.69, 9.17) is 0 Å². The quantitative estimate of drug-likeness (QED) is 0.307. The van der Waals surface area contributed by atoms with Crippen LogP contribution in [-0.4, -0.2) is 23.4 Å². The van der Waals surface area contributed by atoms with E-state index < -0.39 is 18.4 Å². The molecule has 1 N–H and O–H groups in total. The van der Waals surface area contributed by atoms with Crippen LogP contribution in [0.1, 0.15) is 59.3 Å². The van der Waals surface area contributed by atoms with Crippen molar-refractivity contribution in [1.82, 2.24) is 4.98 Å². The van der Waals surface area contributed by atoms with Crippen molar-refractivity contribution in [2.45, 2.75) is 72.6 Å². The van der Waals surface area contributed by atoms with Crippen LogP contribution in [0.4, 0.5) is 0 Å². The summed E-state index contributed by atoms with van der Waals surface area (Å²) in [6.45, 7) is 7.07. The first-order valence-corrected chi connectivity index (χ1v) is 18.2. The molecule has 3 aromatic rings. The first-order chi connectivity index (χ1) is 12.7. The van der Waals surface area contributed by atoms with Crippen LogP contribution in [0, 0.1) is 0 Å². The number of hydrogen-bond donors (Lipinski definition) is 1. The molecule has 0 amide bonds. The predicted molar refractivity (Wildman–Crippen MR) is 120 cm³/mol. The first kappa shape index (κ1) is 19.8. The fourth-order valence-electron chi connectivity index (χ4n) is 4.54. The summed E-state index contributed by atoms with van der Waals surface area (Å²) in [5, 5.41) is 2.76. The molecule has 0 unspecified atom stereocenters. The number of unbranched alkanes of at least 4 members (excludes halogenated alkanes) is 3. The van der Waals surface area contributed by atoms with Gasteiger partial charge in [0.25, 0.3) is 0 Å². The Hall–Kier alpha value is -0.961. The van der Waals surface area contributed by atoms with E-state index in [-0.39, 0.29) is 0 Å². The molecule has 0 aliphatic carbocycles. The van der Waals surface area contributed by atoms with Gasteiger partial charge < -0.3 is 0 Å². The Balaban J connectivity index is 2.06. The van der Waals surface area contributed by atoms with Crippen LogP contribution >= 0.6 is 0 Å². The Kier molecular flexibility index (Phi) is 7.08. The van der Waals surface area contributed by atoms with Crippen LogP contribution in [0.5, 0.6) is 0 Å². The van der Waals surface area contributed by atoms with E-state index in [2.05, 4.69) is 68.2 Å². The number of para-hydroxylation sites is 1. The van der Waals surface area contributed by atoms with Gasteiger partial charge in [-0.1, -0.05) is 0 Å². The number of benzene rings is 2. The Morgan fingerprint density at radius 1 is 0.692 bits per heavy atom. The summed E-state index contributed by atoms with van der Waals surface area (Å²) in [6, 6.07) is 16.2. The van der Waals surface area contributed by atoms with Crippen molar-refractivity contribution < 1.29 is 0 Å². The second-order valence-corrected chi connectivity index (χ2v) is 21.3. The third kappa shape index (κ3) is 4.13. The number of fused-ring (bicyclic) bond motifs is 3. The molecule has 2 heteroatoms. The van der Waals surface area contributed by atoms with Crippen molar-refractivity contribution in [3.63, 3.8) is 0 Å². The van der Waals surface area contributed by atoms with Crippen molar-refractivity contribution in [3.05, 3.63) is 42.5 Å². The van der Waals surface area contributed by atoms with Crippen molar-refractivity contribution in [2.24, 2.45) is 0 Å². The third-order valence-electron chi connectivity index (χ3n) is 6.15.